The molecule has 0 saturated heterocycles. The molecule has 1 nitrogen and oxygen atoms in total. The predicted octanol–water partition coefficient (Wildman–Crippen LogP) is 2.41. The van der Waals surface area contributed by atoms with Crippen LogP contribution in [0.25, 0.3) is 0 Å². The highest BCUT2D eigenvalue weighted by atomic mass is 32.2. The Morgan fingerprint density at radius 3 is 2.20 bits per heavy atom. The minimum Gasteiger partial charge on any atom is -0.420 e. The monoisotopic (exact) mass is 196 g/mol. The summed E-state index contributed by atoms with van der Waals surface area (Å²) in [6, 6.07) is 1.14. The summed E-state index contributed by atoms with van der Waals surface area (Å²) >= 11 is 8.36. The maximum absolute atomic E-state index is 5.36. The van der Waals surface area contributed by atoms with E-state index in [0.29, 0.717) is 0 Å². The molecule has 0 atom stereocenters. The van der Waals surface area contributed by atoms with Gasteiger partial charge in [-0.15, -0.1) is 0 Å². The number of hydrogen-bond acceptors (Lipinski definition) is 3. The third kappa shape index (κ3) is 5.65. The van der Waals surface area contributed by atoms with Gasteiger partial charge in [0.15, 0.2) is 8.32 Å². The van der Waals surface area contributed by atoms with Gasteiger partial charge in [0.1, 0.15) is 0 Å². The lowest BCUT2D eigenvalue weighted by atomic mass is 10.6. The van der Waals surface area contributed by atoms with Crippen molar-refractivity contribution in [2.75, 3.05) is 7.11 Å². The molecule has 4 heteroatoms. The van der Waals surface area contributed by atoms with Crippen LogP contribution < -0.4 is 0 Å². The summed E-state index contributed by atoms with van der Waals surface area (Å²) in [6.07, 6.45) is 1.04. The van der Waals surface area contributed by atoms with Gasteiger partial charge in [0.2, 0.25) is 0 Å². The zero-order chi connectivity index (χ0) is 8.20. The second-order valence-electron chi connectivity index (χ2n) is 2.98. The molecule has 0 aromatic carbocycles. The molecule has 0 fully saturated rings. The first kappa shape index (κ1) is 10.9. The average molecular weight is 196 g/mol. The van der Waals surface area contributed by atoms with Crippen molar-refractivity contribution in [1.82, 2.24) is 0 Å². The lowest BCUT2D eigenvalue weighted by molar-refractivity contribution is 0.402. The van der Waals surface area contributed by atoms with Crippen molar-refractivity contribution in [2.45, 2.75) is 30.1 Å². The molecule has 0 unspecified atom stereocenters. The summed E-state index contributed by atoms with van der Waals surface area (Å²) in [6.45, 7) is 4.41. The van der Waals surface area contributed by atoms with Crippen LogP contribution >= 0.6 is 25.3 Å². The van der Waals surface area contributed by atoms with Gasteiger partial charge in [0.25, 0.3) is 0 Å². The van der Waals surface area contributed by atoms with Gasteiger partial charge in [-0.1, -0.05) is 0 Å². The van der Waals surface area contributed by atoms with E-state index in [-0.39, 0.29) is 4.58 Å². The molecule has 0 heterocycles. The summed E-state index contributed by atoms with van der Waals surface area (Å²) in [5.41, 5.74) is 0. The van der Waals surface area contributed by atoms with Gasteiger partial charge in [0, 0.05) is 11.7 Å². The fourth-order valence-corrected chi connectivity index (χ4v) is 2.51. The summed E-state index contributed by atoms with van der Waals surface area (Å²) in [5.74, 6) is 0. The zero-order valence-electron chi connectivity index (χ0n) is 6.79. The van der Waals surface area contributed by atoms with Gasteiger partial charge in [-0.25, -0.2) is 0 Å². The van der Waals surface area contributed by atoms with Crippen LogP contribution in [0.4, 0.5) is 0 Å². The van der Waals surface area contributed by atoms with Crippen molar-refractivity contribution in [2.24, 2.45) is 0 Å². The van der Waals surface area contributed by atoms with Crippen LogP contribution in [-0.4, -0.2) is 20.0 Å². The fraction of sp³-hybridized carbons (Fsp3) is 1.00. The Kier molecular flexibility index (Phi) is 5.11. The quantitative estimate of drug-likeness (QED) is 0.399. The van der Waals surface area contributed by atoms with E-state index in [1.807, 2.05) is 0 Å². The van der Waals surface area contributed by atoms with Crippen molar-refractivity contribution in [3.63, 3.8) is 0 Å². The van der Waals surface area contributed by atoms with Gasteiger partial charge in [-0.2, -0.15) is 25.3 Å². The topological polar surface area (TPSA) is 9.23 Å². The first-order valence-corrected chi connectivity index (χ1v) is 7.54. The first-order valence-electron chi connectivity index (χ1n) is 3.39. The van der Waals surface area contributed by atoms with E-state index in [4.69, 9.17) is 4.43 Å². The van der Waals surface area contributed by atoms with Crippen LogP contribution in [0.2, 0.25) is 19.1 Å². The van der Waals surface area contributed by atoms with E-state index in [2.05, 4.69) is 38.4 Å². The molecule has 0 saturated carbocycles. The number of rotatable bonds is 4. The molecule has 0 aromatic heterocycles. The second kappa shape index (κ2) is 4.69. The van der Waals surface area contributed by atoms with Crippen molar-refractivity contribution in [3.05, 3.63) is 0 Å². The van der Waals surface area contributed by atoms with Gasteiger partial charge >= 0.3 is 0 Å². The smallest absolute Gasteiger partial charge is 0.186 e. The largest absolute Gasteiger partial charge is 0.420 e. The Hall–Kier alpha value is 0.877. The molecular weight excluding hydrogens is 180 g/mol. The number of hydrogen-bond donors (Lipinski definition) is 2. The number of thiol groups is 2. The van der Waals surface area contributed by atoms with Gasteiger partial charge < -0.3 is 4.43 Å². The minimum atomic E-state index is -1.34. The van der Waals surface area contributed by atoms with E-state index < -0.39 is 8.32 Å². The van der Waals surface area contributed by atoms with Crippen LogP contribution in [0, 0.1) is 0 Å². The van der Waals surface area contributed by atoms with Crippen LogP contribution in [0.15, 0.2) is 0 Å². The van der Waals surface area contributed by atoms with Gasteiger partial charge in [-0.3, -0.25) is 0 Å². The summed E-state index contributed by atoms with van der Waals surface area (Å²) < 4.78 is 5.57. The van der Waals surface area contributed by atoms with E-state index in [1.165, 1.54) is 0 Å². The maximum atomic E-state index is 5.36. The second-order valence-corrected chi connectivity index (χ2v) is 9.06. The molecule has 0 aliphatic carbocycles. The lowest BCUT2D eigenvalue weighted by Crippen LogP contribution is -2.28. The molecular formula is C6H16OS2Si. The maximum Gasteiger partial charge on any atom is 0.186 e. The summed E-state index contributed by atoms with van der Waals surface area (Å²) in [5, 5.41) is 0. The molecule has 0 amide bonds. The van der Waals surface area contributed by atoms with E-state index >= 15 is 0 Å². The van der Waals surface area contributed by atoms with Crippen molar-refractivity contribution < 1.29 is 4.43 Å². The Bertz CT molecular complexity index is 95.7. The van der Waals surface area contributed by atoms with Crippen LogP contribution in [-0.2, 0) is 4.43 Å². The van der Waals surface area contributed by atoms with Crippen molar-refractivity contribution in [1.29, 1.82) is 0 Å². The third-order valence-corrected chi connectivity index (χ3v) is 4.67. The Morgan fingerprint density at radius 1 is 1.40 bits per heavy atom. The molecule has 0 aromatic rings. The third-order valence-electron chi connectivity index (χ3n) is 1.56. The van der Waals surface area contributed by atoms with Gasteiger partial charge in [-0.05, 0) is 25.6 Å². The Morgan fingerprint density at radius 2 is 1.90 bits per heavy atom. The van der Waals surface area contributed by atoms with Crippen LogP contribution in [0.5, 0.6) is 0 Å². The normalized spacial score (nSPS) is 12.6. The van der Waals surface area contributed by atoms with E-state index in [1.54, 1.807) is 7.11 Å². The zero-order valence-corrected chi connectivity index (χ0v) is 9.58. The van der Waals surface area contributed by atoms with Gasteiger partial charge in [0.05, 0.1) is 0 Å². The minimum absolute atomic E-state index is 0.210. The van der Waals surface area contributed by atoms with Crippen molar-refractivity contribution in [3.8, 4) is 0 Å². The summed E-state index contributed by atoms with van der Waals surface area (Å²) in [4.78, 5) is 0. The molecule has 10 heavy (non-hydrogen) atoms. The molecule has 0 aliphatic heterocycles. The highest BCUT2D eigenvalue weighted by Crippen LogP contribution is 2.17. The Balaban J connectivity index is 3.46. The van der Waals surface area contributed by atoms with Crippen molar-refractivity contribution >= 4 is 33.6 Å². The average Bonchev–Trinajstić information content (AvgIpc) is 1.85. The molecule has 62 valence electrons. The summed E-state index contributed by atoms with van der Waals surface area (Å²) in [7, 11) is 0.452. The Labute approximate surface area is 75.5 Å². The predicted molar refractivity (Wildman–Crippen MR) is 55.7 cm³/mol. The van der Waals surface area contributed by atoms with Crippen LogP contribution in [0.1, 0.15) is 6.42 Å². The molecule has 0 bridgehead atoms. The molecule has 0 radical (unpaired) electrons. The highest BCUT2D eigenvalue weighted by molar-refractivity contribution is 7.99. The SMILES string of the molecule is CO[Si](C)(C)CCC(S)S. The fourth-order valence-electron chi connectivity index (χ4n) is 0.579. The molecule has 0 N–H and O–H groups in total. The molecule has 0 aliphatic rings. The van der Waals surface area contributed by atoms with Crippen LogP contribution in [0.3, 0.4) is 0 Å². The van der Waals surface area contributed by atoms with E-state index in [9.17, 15) is 0 Å². The standard InChI is InChI=1S/C6H16OS2Si/c1-7-10(2,3)5-4-6(8)9/h6,8-9H,4-5H2,1-3H3. The van der Waals surface area contributed by atoms with E-state index in [0.717, 1.165) is 12.5 Å². The molecule has 0 rings (SSSR count). The lowest BCUT2D eigenvalue weighted by Gasteiger charge is -2.20. The first-order chi connectivity index (χ1) is 4.48. The highest BCUT2D eigenvalue weighted by Gasteiger charge is 2.20. The molecule has 0 spiro atoms.